The Morgan fingerprint density at radius 2 is 1.77 bits per heavy atom. The largest absolute Gasteiger partial charge is 0.326 e. The molecule has 0 radical (unpaired) electrons. The number of nitro groups is 1. The molecule has 2 amide bonds. The Morgan fingerprint density at radius 1 is 1.12 bits per heavy atom. The summed E-state index contributed by atoms with van der Waals surface area (Å²) in [5.74, 6) is -0.485. The third kappa shape index (κ3) is 5.01. The fraction of sp³-hybridized carbons (Fsp3) is 0.158. The second kappa shape index (κ2) is 8.57. The normalized spacial score (nSPS) is 10.5. The number of benzene rings is 2. The lowest BCUT2D eigenvalue weighted by atomic mass is 10.1. The van der Waals surface area contributed by atoms with Crippen molar-refractivity contribution in [3.63, 3.8) is 0 Å². The summed E-state index contributed by atoms with van der Waals surface area (Å²) in [7, 11) is 0. The van der Waals surface area contributed by atoms with Gasteiger partial charge in [-0.15, -0.1) is 0 Å². The van der Waals surface area contributed by atoms with Crippen LogP contribution in [0.3, 0.4) is 0 Å². The lowest BCUT2D eigenvalue weighted by Crippen LogP contribution is -2.13. The van der Waals surface area contributed by atoms with Gasteiger partial charge in [0.1, 0.15) is 0 Å². The summed E-state index contributed by atoms with van der Waals surface area (Å²) in [6.45, 7) is 3.56. The Morgan fingerprint density at radius 3 is 2.42 bits per heavy atom. The second-order valence-electron chi connectivity index (χ2n) is 5.55. The molecule has 0 fully saturated rings. The van der Waals surface area contributed by atoms with E-state index in [1.54, 1.807) is 44.2 Å². The van der Waals surface area contributed by atoms with E-state index in [9.17, 15) is 19.7 Å². The van der Waals surface area contributed by atoms with Gasteiger partial charge in [-0.2, -0.15) is 0 Å². The van der Waals surface area contributed by atoms with Crippen LogP contribution >= 0.6 is 0 Å². The fourth-order valence-electron chi connectivity index (χ4n) is 2.23. The van der Waals surface area contributed by atoms with Crippen LogP contribution in [0.1, 0.15) is 24.5 Å². The molecule has 2 aromatic carbocycles. The summed E-state index contributed by atoms with van der Waals surface area (Å²) in [6.07, 6.45) is 3.16. The van der Waals surface area contributed by atoms with Gasteiger partial charge in [0.05, 0.1) is 4.92 Å². The highest BCUT2D eigenvalue weighted by Crippen LogP contribution is 2.23. The van der Waals surface area contributed by atoms with Crippen LogP contribution in [-0.2, 0) is 9.59 Å². The van der Waals surface area contributed by atoms with Crippen LogP contribution in [0.5, 0.6) is 0 Å². The van der Waals surface area contributed by atoms with E-state index >= 15 is 0 Å². The van der Waals surface area contributed by atoms with Crippen molar-refractivity contribution < 1.29 is 14.5 Å². The number of carbonyl (C=O) groups is 2. The van der Waals surface area contributed by atoms with Crippen LogP contribution in [0.15, 0.2) is 48.5 Å². The minimum Gasteiger partial charge on any atom is -0.326 e. The number of nitrogens with one attached hydrogen (secondary N) is 2. The zero-order valence-corrected chi connectivity index (χ0v) is 14.5. The third-order valence-corrected chi connectivity index (χ3v) is 3.70. The van der Waals surface area contributed by atoms with Crippen LogP contribution in [0.2, 0.25) is 0 Å². The van der Waals surface area contributed by atoms with Crippen molar-refractivity contribution in [3.05, 3.63) is 69.8 Å². The fourth-order valence-corrected chi connectivity index (χ4v) is 2.23. The molecular weight excluding hydrogens is 334 g/mol. The predicted octanol–water partition coefficient (Wildman–Crippen LogP) is 3.90. The monoisotopic (exact) mass is 353 g/mol. The quantitative estimate of drug-likeness (QED) is 0.467. The molecule has 0 spiro atoms. The molecule has 0 aliphatic carbocycles. The lowest BCUT2D eigenvalue weighted by Gasteiger charge is -2.12. The summed E-state index contributed by atoms with van der Waals surface area (Å²) < 4.78 is 0. The molecule has 2 rings (SSSR count). The van der Waals surface area contributed by atoms with Gasteiger partial charge in [-0.3, -0.25) is 19.7 Å². The Kier molecular flexibility index (Phi) is 6.21. The third-order valence-electron chi connectivity index (χ3n) is 3.70. The van der Waals surface area contributed by atoms with Gasteiger partial charge < -0.3 is 10.6 Å². The molecule has 134 valence electrons. The molecule has 0 heterocycles. The summed E-state index contributed by atoms with van der Waals surface area (Å²) in [6, 6.07) is 11.2. The summed E-state index contributed by atoms with van der Waals surface area (Å²) in [5.41, 5.74) is 2.47. The van der Waals surface area contributed by atoms with E-state index in [1.807, 2.05) is 0 Å². The maximum Gasteiger partial charge on any atom is 0.270 e. The van der Waals surface area contributed by atoms with Gasteiger partial charge in [0, 0.05) is 36.0 Å². The smallest absolute Gasteiger partial charge is 0.270 e. The maximum atomic E-state index is 12.1. The molecule has 7 nitrogen and oxygen atoms in total. The number of nitro benzene ring substituents is 1. The van der Waals surface area contributed by atoms with E-state index in [4.69, 9.17) is 0 Å². The first-order valence-electron chi connectivity index (χ1n) is 8.03. The molecule has 2 N–H and O–H groups in total. The molecule has 0 aromatic heterocycles. The van der Waals surface area contributed by atoms with Crippen LogP contribution < -0.4 is 10.6 Å². The van der Waals surface area contributed by atoms with Gasteiger partial charge in [0.15, 0.2) is 0 Å². The van der Waals surface area contributed by atoms with Crippen molar-refractivity contribution in [2.45, 2.75) is 20.3 Å². The van der Waals surface area contributed by atoms with Crippen LogP contribution in [0, 0.1) is 17.0 Å². The number of anilines is 2. The van der Waals surface area contributed by atoms with E-state index in [0.29, 0.717) is 23.4 Å². The number of hydrogen-bond donors (Lipinski definition) is 2. The highest BCUT2D eigenvalue weighted by atomic mass is 16.6. The highest BCUT2D eigenvalue weighted by Gasteiger charge is 2.08. The average molecular weight is 353 g/mol. The zero-order valence-electron chi connectivity index (χ0n) is 14.5. The zero-order chi connectivity index (χ0) is 19.1. The number of non-ortho nitro benzene ring substituents is 1. The molecule has 0 aliphatic rings. The molecule has 0 aliphatic heterocycles. The van der Waals surface area contributed by atoms with Gasteiger partial charge in [-0.25, -0.2) is 0 Å². The van der Waals surface area contributed by atoms with Crippen molar-refractivity contribution in [2.24, 2.45) is 0 Å². The van der Waals surface area contributed by atoms with Gasteiger partial charge in [0.25, 0.3) is 5.69 Å². The molecule has 26 heavy (non-hydrogen) atoms. The van der Waals surface area contributed by atoms with E-state index in [-0.39, 0.29) is 17.5 Å². The predicted molar refractivity (Wildman–Crippen MR) is 101 cm³/mol. The first kappa shape index (κ1) is 18.9. The minimum atomic E-state index is -0.489. The summed E-state index contributed by atoms with van der Waals surface area (Å²) in [5, 5.41) is 16.3. The van der Waals surface area contributed by atoms with E-state index < -0.39 is 4.92 Å². The van der Waals surface area contributed by atoms with Gasteiger partial charge >= 0.3 is 0 Å². The van der Waals surface area contributed by atoms with Gasteiger partial charge in [-0.05, 0) is 36.3 Å². The molecule has 0 saturated heterocycles. The van der Waals surface area contributed by atoms with Gasteiger partial charge in [0.2, 0.25) is 11.8 Å². The van der Waals surface area contributed by atoms with Crippen LogP contribution in [0.25, 0.3) is 6.08 Å². The van der Waals surface area contributed by atoms with Crippen molar-refractivity contribution in [1.82, 2.24) is 0 Å². The molecule has 7 heteroatoms. The molecule has 0 saturated carbocycles. The topological polar surface area (TPSA) is 101 Å². The molecule has 0 unspecified atom stereocenters. The Balaban J connectivity index is 2.10. The van der Waals surface area contributed by atoms with E-state index in [0.717, 1.165) is 5.56 Å². The van der Waals surface area contributed by atoms with Gasteiger partial charge in [-0.1, -0.05) is 25.1 Å². The number of hydrogen-bond acceptors (Lipinski definition) is 4. The molecule has 0 bridgehead atoms. The Bertz CT molecular complexity index is 875. The Hall–Kier alpha value is -3.48. The molecular formula is C19H19N3O4. The Labute approximate surface area is 150 Å². The number of amides is 2. The number of nitrogens with zero attached hydrogens (tertiary/aromatic N) is 1. The van der Waals surface area contributed by atoms with Crippen LogP contribution in [-0.4, -0.2) is 16.7 Å². The van der Waals surface area contributed by atoms with Crippen LogP contribution in [0.4, 0.5) is 17.1 Å². The van der Waals surface area contributed by atoms with E-state index in [2.05, 4.69) is 10.6 Å². The van der Waals surface area contributed by atoms with E-state index in [1.165, 1.54) is 24.3 Å². The van der Waals surface area contributed by atoms with Crippen molar-refractivity contribution in [2.75, 3.05) is 10.6 Å². The summed E-state index contributed by atoms with van der Waals surface area (Å²) >= 11 is 0. The maximum absolute atomic E-state index is 12.1. The number of carbonyl (C=O) groups excluding carboxylic acids is 2. The number of rotatable bonds is 6. The first-order chi connectivity index (χ1) is 12.4. The average Bonchev–Trinajstić information content (AvgIpc) is 2.63. The molecule has 0 atom stereocenters. The molecule has 2 aromatic rings. The SMILES string of the molecule is CCC(=O)Nc1cccc(NC(=O)/C=C/c2cccc([N+](=O)[O-])c2)c1C. The van der Waals surface area contributed by atoms with Crippen molar-refractivity contribution in [1.29, 1.82) is 0 Å². The highest BCUT2D eigenvalue weighted by molar-refractivity contribution is 6.03. The van der Waals surface area contributed by atoms with Crippen molar-refractivity contribution >= 4 is 35.0 Å². The van der Waals surface area contributed by atoms with Crippen molar-refractivity contribution in [3.8, 4) is 0 Å². The summed E-state index contributed by atoms with van der Waals surface area (Å²) in [4.78, 5) is 34.0. The lowest BCUT2D eigenvalue weighted by molar-refractivity contribution is -0.384. The first-order valence-corrected chi connectivity index (χ1v) is 8.03. The minimum absolute atomic E-state index is 0.0391. The standard InChI is InChI=1S/C19H19N3O4/c1-3-18(23)20-16-8-5-9-17(13(16)2)21-19(24)11-10-14-6-4-7-15(12-14)22(25)26/h4-12H,3H2,1-2H3,(H,20,23)(H,21,24)/b11-10+. The second-order valence-corrected chi connectivity index (χ2v) is 5.55.